The van der Waals surface area contributed by atoms with Crippen molar-refractivity contribution in [3.63, 3.8) is 0 Å². The monoisotopic (exact) mass is 539 g/mol. The summed E-state index contributed by atoms with van der Waals surface area (Å²) in [5, 5.41) is 14.8. The number of aliphatic hydroxyl groups is 1. The predicted octanol–water partition coefficient (Wildman–Crippen LogP) is 5.14. The van der Waals surface area contributed by atoms with Crippen molar-refractivity contribution in [3.8, 4) is 5.75 Å². The maximum atomic E-state index is 10.8. The average molecular weight is 540 g/mol. The molecule has 4 aromatic rings. The number of β-amino-alcohol motifs (C(OH)–C–C–N with tert-alkyl or cyclic N) is 1. The molecule has 0 saturated carbocycles. The van der Waals surface area contributed by atoms with Crippen LogP contribution in [0.3, 0.4) is 0 Å². The molecular formula is C33H37N3O4. The second-order valence-corrected chi connectivity index (χ2v) is 10.1. The van der Waals surface area contributed by atoms with Crippen LogP contribution in [0.25, 0.3) is 12.2 Å². The second-order valence-electron chi connectivity index (χ2n) is 10.1. The van der Waals surface area contributed by atoms with E-state index in [9.17, 15) is 5.11 Å². The summed E-state index contributed by atoms with van der Waals surface area (Å²) in [6.07, 6.45) is 3.18. The fraction of sp³-hybridized carbons (Fsp3) is 0.303. The number of methoxy groups -OCH3 is 1. The maximum absolute atomic E-state index is 10.8. The first kappa shape index (κ1) is 27.8. The predicted molar refractivity (Wildman–Crippen MR) is 157 cm³/mol. The molecule has 0 bridgehead atoms. The molecule has 1 aliphatic rings. The average Bonchev–Trinajstić information content (AvgIpc) is 3.45. The first-order valence-electron chi connectivity index (χ1n) is 13.8. The Morgan fingerprint density at radius 2 is 1.52 bits per heavy atom. The first-order valence-corrected chi connectivity index (χ1v) is 13.8. The van der Waals surface area contributed by atoms with Gasteiger partial charge in [0.05, 0.1) is 12.6 Å². The van der Waals surface area contributed by atoms with E-state index in [1.165, 1.54) is 11.1 Å². The van der Waals surface area contributed by atoms with Crippen LogP contribution in [0, 0.1) is 0 Å². The molecule has 1 aromatic heterocycles. The number of hydrogen-bond donors (Lipinski definition) is 1. The lowest BCUT2D eigenvalue weighted by Gasteiger charge is -2.40. The number of hydrogen-bond acceptors (Lipinski definition) is 7. The van der Waals surface area contributed by atoms with Gasteiger partial charge in [-0.15, -0.1) is 0 Å². The number of aromatic nitrogens is 1. The van der Waals surface area contributed by atoms with Gasteiger partial charge in [-0.05, 0) is 29.3 Å². The summed E-state index contributed by atoms with van der Waals surface area (Å²) in [4.78, 5) is 4.87. The van der Waals surface area contributed by atoms with Gasteiger partial charge in [-0.25, -0.2) is 0 Å². The highest BCUT2D eigenvalue weighted by Crippen LogP contribution is 2.29. The zero-order valence-electron chi connectivity index (χ0n) is 22.9. The van der Waals surface area contributed by atoms with Crippen molar-refractivity contribution in [2.24, 2.45) is 0 Å². The third-order valence-electron chi connectivity index (χ3n) is 7.12. The molecule has 0 aliphatic carbocycles. The molecule has 1 fully saturated rings. The Balaban J connectivity index is 1.13. The minimum Gasteiger partial charge on any atom is -0.490 e. The Bertz CT molecular complexity index is 1290. The van der Waals surface area contributed by atoms with E-state index in [4.69, 9.17) is 14.0 Å². The molecule has 7 heteroatoms. The van der Waals surface area contributed by atoms with Gasteiger partial charge in [-0.1, -0.05) is 84.0 Å². The molecule has 1 atom stereocenters. The molecule has 0 spiro atoms. The summed E-state index contributed by atoms with van der Waals surface area (Å²) in [6, 6.07) is 31.3. The van der Waals surface area contributed by atoms with Crippen molar-refractivity contribution in [3.05, 3.63) is 119 Å². The lowest BCUT2D eigenvalue weighted by molar-refractivity contribution is 0.0400. The Morgan fingerprint density at radius 1 is 0.875 bits per heavy atom. The normalized spacial score (nSPS) is 15.6. The molecule has 1 N–H and O–H groups in total. The number of para-hydroxylation sites is 1. The molecule has 1 unspecified atom stereocenters. The van der Waals surface area contributed by atoms with E-state index in [2.05, 4.69) is 75.6 Å². The van der Waals surface area contributed by atoms with Gasteiger partial charge in [0, 0.05) is 51.5 Å². The highest BCUT2D eigenvalue weighted by molar-refractivity contribution is 5.70. The SMILES string of the molecule is COCc1cc(/C=C/c2ccccc2OCC(O)CN2CCN(C(c3ccccc3)c3ccccc3)CC2)on1. The van der Waals surface area contributed by atoms with Gasteiger partial charge < -0.3 is 19.1 Å². The zero-order chi connectivity index (χ0) is 27.6. The van der Waals surface area contributed by atoms with Gasteiger partial charge in [0.25, 0.3) is 0 Å². The summed E-state index contributed by atoms with van der Waals surface area (Å²) in [7, 11) is 1.62. The minimum absolute atomic E-state index is 0.224. The van der Waals surface area contributed by atoms with Crippen LogP contribution in [0.5, 0.6) is 5.75 Å². The highest BCUT2D eigenvalue weighted by Gasteiger charge is 2.27. The van der Waals surface area contributed by atoms with E-state index < -0.39 is 6.10 Å². The number of aliphatic hydroxyl groups excluding tert-OH is 1. The summed E-state index contributed by atoms with van der Waals surface area (Å²) < 4.78 is 16.5. The van der Waals surface area contributed by atoms with Gasteiger partial charge >= 0.3 is 0 Å². The number of piperazine rings is 1. The van der Waals surface area contributed by atoms with Gasteiger partial charge in [-0.2, -0.15) is 0 Å². The number of rotatable bonds is 12. The third-order valence-corrected chi connectivity index (χ3v) is 7.12. The Hall–Kier alpha value is -3.75. The van der Waals surface area contributed by atoms with Crippen LogP contribution in [-0.2, 0) is 11.3 Å². The molecule has 40 heavy (non-hydrogen) atoms. The van der Waals surface area contributed by atoms with Crippen molar-refractivity contribution >= 4 is 12.2 Å². The lowest BCUT2D eigenvalue weighted by Crippen LogP contribution is -2.50. The topological polar surface area (TPSA) is 71.2 Å². The van der Waals surface area contributed by atoms with Crippen molar-refractivity contribution in [1.29, 1.82) is 0 Å². The van der Waals surface area contributed by atoms with Gasteiger partial charge in [0.1, 0.15) is 24.2 Å². The van der Waals surface area contributed by atoms with E-state index >= 15 is 0 Å². The standard InChI is InChI=1S/C33H37N3O4/c1-38-24-29-22-31(40-34-29)17-16-26-10-8-9-15-32(26)39-25-30(37)23-35-18-20-36(21-19-35)33(27-11-4-2-5-12-27)28-13-6-3-7-14-28/h2-17,22,30,33,37H,18-21,23-25H2,1H3/b17-16+. The van der Waals surface area contributed by atoms with Crippen molar-refractivity contribution < 1.29 is 19.1 Å². The van der Waals surface area contributed by atoms with Crippen LogP contribution < -0.4 is 4.74 Å². The van der Waals surface area contributed by atoms with E-state index in [0.29, 0.717) is 24.7 Å². The first-order chi connectivity index (χ1) is 19.7. The maximum Gasteiger partial charge on any atom is 0.160 e. The Labute approximate surface area is 236 Å². The van der Waals surface area contributed by atoms with Crippen LogP contribution in [0.15, 0.2) is 95.5 Å². The third kappa shape index (κ3) is 7.46. The molecule has 7 nitrogen and oxygen atoms in total. The van der Waals surface area contributed by atoms with E-state index in [-0.39, 0.29) is 12.6 Å². The minimum atomic E-state index is -0.589. The van der Waals surface area contributed by atoms with Gasteiger partial charge in [0.15, 0.2) is 5.76 Å². The van der Waals surface area contributed by atoms with Crippen LogP contribution in [0.4, 0.5) is 0 Å². The number of ether oxygens (including phenoxy) is 2. The summed E-state index contributed by atoms with van der Waals surface area (Å²) in [6.45, 7) is 4.87. The summed E-state index contributed by atoms with van der Waals surface area (Å²) in [5.74, 6) is 1.36. The van der Waals surface area contributed by atoms with E-state index in [1.54, 1.807) is 7.11 Å². The van der Waals surface area contributed by atoms with Crippen molar-refractivity contribution in [2.75, 3.05) is 46.4 Å². The van der Waals surface area contributed by atoms with Crippen LogP contribution in [0.1, 0.15) is 34.2 Å². The van der Waals surface area contributed by atoms with Crippen LogP contribution >= 0.6 is 0 Å². The summed E-state index contributed by atoms with van der Waals surface area (Å²) >= 11 is 0. The number of benzene rings is 3. The van der Waals surface area contributed by atoms with Crippen molar-refractivity contribution in [1.82, 2.24) is 15.0 Å². The largest absolute Gasteiger partial charge is 0.490 e. The number of nitrogens with zero attached hydrogens (tertiary/aromatic N) is 3. The molecule has 2 heterocycles. The van der Waals surface area contributed by atoms with E-state index in [0.717, 1.165) is 37.4 Å². The van der Waals surface area contributed by atoms with Gasteiger partial charge in [-0.3, -0.25) is 9.80 Å². The zero-order valence-corrected chi connectivity index (χ0v) is 22.9. The molecule has 0 radical (unpaired) electrons. The Kier molecular flexibility index (Phi) is 9.77. The van der Waals surface area contributed by atoms with Crippen molar-refractivity contribution in [2.45, 2.75) is 18.8 Å². The molecule has 1 aliphatic heterocycles. The molecule has 5 rings (SSSR count). The fourth-order valence-electron chi connectivity index (χ4n) is 5.17. The fourth-order valence-corrected chi connectivity index (χ4v) is 5.17. The van der Waals surface area contributed by atoms with E-state index in [1.807, 2.05) is 42.5 Å². The molecular weight excluding hydrogens is 502 g/mol. The smallest absolute Gasteiger partial charge is 0.160 e. The highest BCUT2D eigenvalue weighted by atomic mass is 16.5. The van der Waals surface area contributed by atoms with Crippen LogP contribution in [0.2, 0.25) is 0 Å². The Morgan fingerprint density at radius 3 is 2.20 bits per heavy atom. The lowest BCUT2D eigenvalue weighted by atomic mass is 9.96. The quantitative estimate of drug-likeness (QED) is 0.267. The van der Waals surface area contributed by atoms with Gasteiger partial charge in [0.2, 0.25) is 0 Å². The second kappa shape index (κ2) is 14.1. The van der Waals surface area contributed by atoms with Crippen LogP contribution in [-0.4, -0.2) is 72.6 Å². The summed E-state index contributed by atoms with van der Waals surface area (Å²) in [5.41, 5.74) is 4.26. The molecule has 3 aromatic carbocycles. The molecule has 0 amide bonds. The molecule has 1 saturated heterocycles. The molecule has 208 valence electrons.